The highest BCUT2D eigenvalue weighted by Gasteiger charge is 2.32. The third kappa shape index (κ3) is 8.07. The van der Waals surface area contributed by atoms with Gasteiger partial charge in [-0.25, -0.2) is 0 Å². The molecule has 0 aromatic heterocycles. The van der Waals surface area contributed by atoms with Crippen molar-refractivity contribution in [2.75, 3.05) is 0 Å². The van der Waals surface area contributed by atoms with Crippen molar-refractivity contribution >= 4 is 50.9 Å². The number of amides is 2. The second kappa shape index (κ2) is 13.5. The maximum atomic E-state index is 13.9. The van der Waals surface area contributed by atoms with Crippen molar-refractivity contribution < 1.29 is 9.59 Å². The van der Waals surface area contributed by atoms with E-state index < -0.39 is 6.04 Å². The normalized spacial score (nSPS) is 14.7. The summed E-state index contributed by atoms with van der Waals surface area (Å²) >= 11 is 15.9. The molecule has 0 bridgehead atoms. The van der Waals surface area contributed by atoms with Gasteiger partial charge in [0.05, 0.1) is 16.5 Å². The molecule has 1 fully saturated rings. The van der Waals surface area contributed by atoms with Gasteiger partial charge < -0.3 is 10.2 Å². The van der Waals surface area contributed by atoms with E-state index in [1.54, 1.807) is 23.1 Å². The van der Waals surface area contributed by atoms with Gasteiger partial charge in [0.1, 0.15) is 6.04 Å². The molecule has 1 atom stereocenters. The fourth-order valence-corrected chi connectivity index (χ4v) is 5.62. The Morgan fingerprint density at radius 1 is 0.865 bits per heavy atom. The molecule has 3 aromatic carbocycles. The zero-order valence-electron chi connectivity index (χ0n) is 20.6. The average molecular weight is 602 g/mol. The molecule has 1 saturated carbocycles. The first-order valence-electron chi connectivity index (χ1n) is 12.7. The van der Waals surface area contributed by atoms with Gasteiger partial charge in [0.25, 0.3) is 0 Å². The molecule has 1 aliphatic rings. The Morgan fingerprint density at radius 3 is 2.30 bits per heavy atom. The first-order valence-corrected chi connectivity index (χ1v) is 14.3. The van der Waals surface area contributed by atoms with Crippen LogP contribution in [0.4, 0.5) is 0 Å². The topological polar surface area (TPSA) is 49.4 Å². The van der Waals surface area contributed by atoms with Crippen molar-refractivity contribution in [3.8, 4) is 0 Å². The molecule has 4 rings (SSSR count). The van der Waals surface area contributed by atoms with Crippen molar-refractivity contribution in [3.63, 3.8) is 0 Å². The number of hydrogen-bond donors (Lipinski definition) is 1. The third-order valence-electron chi connectivity index (χ3n) is 6.80. The number of benzene rings is 3. The van der Waals surface area contributed by atoms with Crippen LogP contribution in [0.25, 0.3) is 0 Å². The van der Waals surface area contributed by atoms with Gasteiger partial charge in [0, 0.05) is 23.5 Å². The maximum absolute atomic E-state index is 13.9. The first kappa shape index (κ1) is 27.7. The maximum Gasteiger partial charge on any atom is 0.243 e. The molecular weight excluding hydrogens is 571 g/mol. The van der Waals surface area contributed by atoms with Gasteiger partial charge >= 0.3 is 0 Å². The first-order chi connectivity index (χ1) is 17.9. The fraction of sp³-hybridized carbons (Fsp3) is 0.333. The van der Waals surface area contributed by atoms with Gasteiger partial charge in [-0.15, -0.1) is 0 Å². The van der Waals surface area contributed by atoms with E-state index in [4.69, 9.17) is 23.2 Å². The second-order valence-electron chi connectivity index (χ2n) is 9.63. The highest BCUT2D eigenvalue weighted by Crippen LogP contribution is 2.25. The standard InChI is InChI=1S/C30H31BrCl2N2O2/c31-24-11-7-10-23(16-24)20-35(29(36)19-22-14-15-26(32)27(33)17-22)28(18-21-8-3-1-4-9-21)30(37)34-25-12-5-2-6-13-25/h1,3-4,7-11,14-17,25,28H,2,5-6,12-13,18-20H2,(H,34,37)/t28-/m0/s1. The quantitative estimate of drug-likeness (QED) is 0.278. The fourth-order valence-electron chi connectivity index (χ4n) is 4.86. The second-order valence-corrected chi connectivity index (χ2v) is 11.4. The Morgan fingerprint density at radius 2 is 1.59 bits per heavy atom. The highest BCUT2D eigenvalue weighted by molar-refractivity contribution is 9.10. The molecule has 4 nitrogen and oxygen atoms in total. The highest BCUT2D eigenvalue weighted by atomic mass is 79.9. The molecule has 194 valence electrons. The van der Waals surface area contributed by atoms with Gasteiger partial charge in [0.2, 0.25) is 11.8 Å². The summed E-state index contributed by atoms with van der Waals surface area (Å²) in [5.74, 6) is -0.244. The lowest BCUT2D eigenvalue weighted by atomic mass is 9.94. The van der Waals surface area contributed by atoms with Crippen molar-refractivity contribution in [2.45, 2.75) is 63.6 Å². The van der Waals surface area contributed by atoms with Gasteiger partial charge in [-0.2, -0.15) is 0 Å². The van der Waals surface area contributed by atoms with Crippen LogP contribution < -0.4 is 5.32 Å². The summed E-state index contributed by atoms with van der Waals surface area (Å²) < 4.78 is 0.924. The molecule has 0 aliphatic heterocycles. The number of rotatable bonds is 9. The molecular formula is C30H31BrCl2N2O2. The van der Waals surface area contributed by atoms with Crippen molar-refractivity contribution in [1.29, 1.82) is 0 Å². The van der Waals surface area contributed by atoms with E-state index in [0.717, 1.165) is 46.8 Å². The van der Waals surface area contributed by atoms with Crippen LogP contribution in [0.5, 0.6) is 0 Å². The molecule has 0 heterocycles. The molecule has 2 amide bonds. The molecule has 1 N–H and O–H groups in total. The van der Waals surface area contributed by atoms with Crippen molar-refractivity contribution in [1.82, 2.24) is 10.2 Å². The van der Waals surface area contributed by atoms with Crippen LogP contribution in [-0.2, 0) is 29.0 Å². The van der Waals surface area contributed by atoms with Gasteiger partial charge in [0.15, 0.2) is 0 Å². The summed E-state index contributed by atoms with van der Waals surface area (Å²) in [5, 5.41) is 4.12. The smallest absolute Gasteiger partial charge is 0.243 e. The lowest BCUT2D eigenvalue weighted by molar-refractivity contribution is -0.141. The Bertz CT molecular complexity index is 1220. The predicted octanol–water partition coefficient (Wildman–Crippen LogP) is 7.39. The van der Waals surface area contributed by atoms with E-state index in [0.29, 0.717) is 23.0 Å². The van der Waals surface area contributed by atoms with E-state index in [2.05, 4.69) is 21.2 Å². The van der Waals surface area contributed by atoms with E-state index >= 15 is 0 Å². The number of nitrogens with zero attached hydrogens (tertiary/aromatic N) is 1. The summed E-state index contributed by atoms with van der Waals surface area (Å²) in [6.45, 7) is 0.315. The summed E-state index contributed by atoms with van der Waals surface area (Å²) in [6, 6.07) is 22.4. The Hall–Kier alpha value is -2.34. The largest absolute Gasteiger partial charge is 0.352 e. The average Bonchev–Trinajstić information content (AvgIpc) is 2.89. The van der Waals surface area contributed by atoms with E-state index in [1.807, 2.05) is 54.6 Å². The molecule has 3 aromatic rings. The molecule has 0 spiro atoms. The predicted molar refractivity (Wildman–Crippen MR) is 154 cm³/mol. The third-order valence-corrected chi connectivity index (χ3v) is 8.04. The molecule has 7 heteroatoms. The van der Waals surface area contributed by atoms with Crippen molar-refractivity contribution in [2.24, 2.45) is 0 Å². The van der Waals surface area contributed by atoms with Crippen LogP contribution in [0.3, 0.4) is 0 Å². The van der Waals surface area contributed by atoms with Gasteiger partial charge in [-0.3, -0.25) is 9.59 Å². The summed E-state index contributed by atoms with van der Waals surface area (Å²) in [4.78, 5) is 29.4. The van der Waals surface area contributed by atoms with E-state index in [1.165, 1.54) is 6.42 Å². The van der Waals surface area contributed by atoms with E-state index in [-0.39, 0.29) is 24.3 Å². The molecule has 0 radical (unpaired) electrons. The van der Waals surface area contributed by atoms with Crippen LogP contribution in [0.1, 0.15) is 48.8 Å². The van der Waals surface area contributed by atoms with Crippen LogP contribution in [0, 0.1) is 0 Å². The van der Waals surface area contributed by atoms with Gasteiger partial charge in [-0.05, 0) is 53.8 Å². The zero-order chi connectivity index (χ0) is 26.2. The van der Waals surface area contributed by atoms with Crippen LogP contribution in [0.15, 0.2) is 77.3 Å². The van der Waals surface area contributed by atoms with E-state index in [9.17, 15) is 9.59 Å². The monoisotopic (exact) mass is 600 g/mol. The number of hydrogen-bond acceptors (Lipinski definition) is 2. The lowest BCUT2D eigenvalue weighted by Crippen LogP contribution is -2.53. The molecule has 0 saturated heterocycles. The van der Waals surface area contributed by atoms with Crippen LogP contribution in [-0.4, -0.2) is 28.8 Å². The number of nitrogens with one attached hydrogen (secondary N) is 1. The summed E-state index contributed by atoms with van der Waals surface area (Å²) in [7, 11) is 0. The minimum absolute atomic E-state index is 0.103. The Kier molecular flexibility index (Phi) is 10.1. The number of carbonyl (C=O) groups is 2. The van der Waals surface area contributed by atoms with Crippen molar-refractivity contribution in [3.05, 3.63) is 104 Å². The Labute approximate surface area is 237 Å². The minimum Gasteiger partial charge on any atom is -0.352 e. The zero-order valence-corrected chi connectivity index (χ0v) is 23.7. The van der Waals surface area contributed by atoms with Gasteiger partial charge in [-0.1, -0.05) is 107 Å². The number of halogens is 3. The molecule has 37 heavy (non-hydrogen) atoms. The number of carbonyl (C=O) groups excluding carboxylic acids is 2. The summed E-state index contributed by atoms with van der Waals surface area (Å²) in [5.41, 5.74) is 2.71. The minimum atomic E-state index is -0.654. The van der Waals surface area contributed by atoms with Crippen LogP contribution in [0.2, 0.25) is 10.0 Å². The lowest BCUT2D eigenvalue weighted by Gasteiger charge is -2.33. The SMILES string of the molecule is O=C(NC1CCCCC1)[C@H](Cc1ccccc1)N(Cc1cccc(Br)c1)C(=O)Cc1ccc(Cl)c(Cl)c1. The molecule has 0 unspecified atom stereocenters. The van der Waals surface area contributed by atoms with Crippen LogP contribution >= 0.6 is 39.1 Å². The summed E-state index contributed by atoms with van der Waals surface area (Å²) in [6.07, 6.45) is 5.95. The Balaban J connectivity index is 1.66. The molecule has 1 aliphatic carbocycles.